The summed E-state index contributed by atoms with van der Waals surface area (Å²) in [6, 6.07) is 0.625. The lowest BCUT2D eigenvalue weighted by molar-refractivity contribution is 0.321. The van der Waals surface area contributed by atoms with Gasteiger partial charge in [-0.1, -0.05) is 32.6 Å². The summed E-state index contributed by atoms with van der Waals surface area (Å²) in [6.45, 7) is 7.65. The van der Waals surface area contributed by atoms with Gasteiger partial charge in [0.2, 0.25) is 0 Å². The highest BCUT2D eigenvalue weighted by Crippen LogP contribution is 2.28. The van der Waals surface area contributed by atoms with Crippen molar-refractivity contribution in [1.82, 2.24) is 15.1 Å². The zero-order valence-electron chi connectivity index (χ0n) is 13.7. The highest BCUT2D eigenvalue weighted by atomic mass is 15.3. The Morgan fingerprint density at radius 3 is 2.35 bits per heavy atom. The van der Waals surface area contributed by atoms with Crippen molar-refractivity contribution in [1.29, 1.82) is 0 Å². The smallest absolute Gasteiger partial charge is 0.0628 e. The maximum Gasteiger partial charge on any atom is 0.0628 e. The molecular weight excluding hydrogens is 246 g/mol. The summed E-state index contributed by atoms with van der Waals surface area (Å²) >= 11 is 0. The maximum absolute atomic E-state index is 4.58. The Morgan fingerprint density at radius 2 is 1.85 bits per heavy atom. The summed E-state index contributed by atoms with van der Waals surface area (Å²) in [4.78, 5) is 0. The van der Waals surface area contributed by atoms with Gasteiger partial charge in [0.15, 0.2) is 0 Å². The van der Waals surface area contributed by atoms with Gasteiger partial charge < -0.3 is 5.32 Å². The fraction of sp³-hybridized carbons (Fsp3) is 0.824. The molecule has 0 amide bonds. The monoisotopic (exact) mass is 277 g/mol. The summed E-state index contributed by atoms with van der Waals surface area (Å²) in [6.07, 6.45) is 9.63. The number of nitrogens with zero attached hydrogens (tertiary/aromatic N) is 2. The van der Waals surface area contributed by atoms with Crippen LogP contribution in [0.1, 0.15) is 62.4 Å². The number of hydrogen-bond donors (Lipinski definition) is 1. The average Bonchev–Trinajstić information content (AvgIpc) is 2.67. The third kappa shape index (κ3) is 3.63. The summed E-state index contributed by atoms with van der Waals surface area (Å²) in [7, 11) is 2.06. The van der Waals surface area contributed by atoms with Crippen molar-refractivity contribution >= 4 is 0 Å². The van der Waals surface area contributed by atoms with Gasteiger partial charge in [-0.3, -0.25) is 4.68 Å². The zero-order valence-corrected chi connectivity index (χ0v) is 13.7. The normalized spacial score (nSPS) is 19.0. The van der Waals surface area contributed by atoms with Gasteiger partial charge in [0, 0.05) is 18.8 Å². The second-order valence-corrected chi connectivity index (χ2v) is 6.39. The quantitative estimate of drug-likeness (QED) is 0.834. The molecule has 1 aliphatic carbocycles. The number of likely N-dealkylation sites (N-methyl/N-ethyl adjacent to an activating group) is 1. The lowest BCUT2D eigenvalue weighted by Crippen LogP contribution is -2.38. The highest BCUT2D eigenvalue weighted by molar-refractivity contribution is 5.25. The third-order valence-corrected chi connectivity index (χ3v) is 5.02. The molecule has 1 saturated carbocycles. The fourth-order valence-corrected chi connectivity index (χ4v) is 3.71. The van der Waals surface area contributed by atoms with Crippen molar-refractivity contribution in [2.45, 2.75) is 71.8 Å². The van der Waals surface area contributed by atoms with Crippen LogP contribution in [-0.2, 0) is 13.5 Å². The first-order valence-corrected chi connectivity index (χ1v) is 8.36. The Kier molecular flexibility index (Phi) is 5.64. The van der Waals surface area contributed by atoms with Crippen LogP contribution in [0.3, 0.4) is 0 Å². The van der Waals surface area contributed by atoms with E-state index >= 15 is 0 Å². The van der Waals surface area contributed by atoms with Crippen LogP contribution in [0.4, 0.5) is 0 Å². The van der Waals surface area contributed by atoms with E-state index in [1.54, 1.807) is 0 Å². The van der Waals surface area contributed by atoms with Gasteiger partial charge in [-0.15, -0.1) is 0 Å². The van der Waals surface area contributed by atoms with E-state index in [2.05, 4.69) is 38.2 Å². The van der Waals surface area contributed by atoms with E-state index in [1.165, 1.54) is 55.5 Å². The molecule has 0 spiro atoms. The van der Waals surface area contributed by atoms with Crippen molar-refractivity contribution in [3.05, 3.63) is 17.0 Å². The molecule has 1 fully saturated rings. The van der Waals surface area contributed by atoms with Crippen LogP contribution < -0.4 is 5.32 Å². The van der Waals surface area contributed by atoms with Gasteiger partial charge in [0.25, 0.3) is 0 Å². The number of aryl methyl sites for hydroxylation is 2. The minimum Gasteiger partial charge on any atom is -0.314 e. The Hall–Kier alpha value is -0.830. The van der Waals surface area contributed by atoms with Gasteiger partial charge in [-0.2, -0.15) is 5.10 Å². The molecule has 0 bridgehead atoms. The highest BCUT2D eigenvalue weighted by Gasteiger charge is 2.24. The average molecular weight is 277 g/mol. The van der Waals surface area contributed by atoms with Crippen LogP contribution >= 0.6 is 0 Å². The molecule has 1 heterocycles. The molecule has 1 atom stereocenters. The van der Waals surface area contributed by atoms with E-state index in [0.29, 0.717) is 6.04 Å². The Labute approximate surface area is 124 Å². The minimum atomic E-state index is 0.625. The minimum absolute atomic E-state index is 0.625. The molecule has 0 saturated heterocycles. The van der Waals surface area contributed by atoms with Gasteiger partial charge >= 0.3 is 0 Å². The van der Waals surface area contributed by atoms with Crippen molar-refractivity contribution in [3.63, 3.8) is 0 Å². The first-order valence-electron chi connectivity index (χ1n) is 8.36. The van der Waals surface area contributed by atoms with E-state index in [1.807, 2.05) is 4.68 Å². The molecule has 114 valence electrons. The van der Waals surface area contributed by atoms with Gasteiger partial charge in [0.1, 0.15) is 0 Å². The van der Waals surface area contributed by atoms with Crippen LogP contribution in [0.15, 0.2) is 0 Å². The second-order valence-electron chi connectivity index (χ2n) is 6.39. The molecule has 0 radical (unpaired) electrons. The standard InChI is InChI=1S/C17H31N3/c1-5-18-17(15-10-8-6-7-9-11-15)12-16-13(2)19-20(4)14(16)3/h15,17-18H,5-12H2,1-4H3. The molecule has 1 aromatic rings. The molecule has 0 aliphatic heterocycles. The lowest BCUT2D eigenvalue weighted by Gasteiger charge is -2.27. The van der Waals surface area contributed by atoms with Crippen LogP contribution in [0.5, 0.6) is 0 Å². The molecule has 1 unspecified atom stereocenters. The summed E-state index contributed by atoms with van der Waals surface area (Å²) in [5.41, 5.74) is 4.00. The first kappa shape index (κ1) is 15.6. The van der Waals surface area contributed by atoms with Crippen molar-refractivity contribution in [3.8, 4) is 0 Å². The predicted octanol–water partition coefficient (Wildman–Crippen LogP) is 3.53. The van der Waals surface area contributed by atoms with Crippen LogP contribution in [0.2, 0.25) is 0 Å². The zero-order chi connectivity index (χ0) is 14.5. The SMILES string of the molecule is CCNC(Cc1c(C)nn(C)c1C)C1CCCCCC1. The van der Waals surface area contributed by atoms with Gasteiger partial charge in [-0.05, 0) is 51.1 Å². The molecule has 3 nitrogen and oxygen atoms in total. The molecular formula is C17H31N3. The molecule has 1 aromatic heterocycles. The molecule has 2 rings (SSSR count). The summed E-state index contributed by atoms with van der Waals surface area (Å²) in [5.74, 6) is 0.844. The van der Waals surface area contributed by atoms with E-state index in [9.17, 15) is 0 Å². The lowest BCUT2D eigenvalue weighted by atomic mass is 9.87. The van der Waals surface area contributed by atoms with E-state index in [0.717, 1.165) is 18.9 Å². The van der Waals surface area contributed by atoms with Crippen molar-refractivity contribution in [2.24, 2.45) is 13.0 Å². The summed E-state index contributed by atoms with van der Waals surface area (Å²) < 4.78 is 2.03. The molecule has 20 heavy (non-hydrogen) atoms. The van der Waals surface area contributed by atoms with Gasteiger partial charge in [0.05, 0.1) is 5.69 Å². The topological polar surface area (TPSA) is 29.9 Å². The van der Waals surface area contributed by atoms with Gasteiger partial charge in [-0.25, -0.2) is 0 Å². The third-order valence-electron chi connectivity index (χ3n) is 5.02. The maximum atomic E-state index is 4.58. The molecule has 3 heteroatoms. The van der Waals surface area contributed by atoms with E-state index < -0.39 is 0 Å². The Balaban J connectivity index is 2.11. The van der Waals surface area contributed by atoms with Crippen LogP contribution in [0.25, 0.3) is 0 Å². The van der Waals surface area contributed by atoms with Crippen molar-refractivity contribution < 1.29 is 0 Å². The van der Waals surface area contributed by atoms with E-state index in [4.69, 9.17) is 0 Å². The number of aromatic nitrogens is 2. The largest absolute Gasteiger partial charge is 0.314 e. The molecule has 1 N–H and O–H groups in total. The number of rotatable bonds is 5. The first-order chi connectivity index (χ1) is 9.63. The second kappa shape index (κ2) is 7.26. The Bertz CT molecular complexity index is 414. The van der Waals surface area contributed by atoms with Crippen LogP contribution in [0, 0.1) is 19.8 Å². The number of nitrogens with one attached hydrogen (secondary N) is 1. The van der Waals surface area contributed by atoms with Crippen LogP contribution in [-0.4, -0.2) is 22.4 Å². The van der Waals surface area contributed by atoms with E-state index in [-0.39, 0.29) is 0 Å². The number of hydrogen-bond acceptors (Lipinski definition) is 2. The Morgan fingerprint density at radius 1 is 1.20 bits per heavy atom. The summed E-state index contributed by atoms with van der Waals surface area (Å²) in [5, 5.41) is 8.33. The fourth-order valence-electron chi connectivity index (χ4n) is 3.71. The predicted molar refractivity (Wildman–Crippen MR) is 85.0 cm³/mol. The van der Waals surface area contributed by atoms with Crippen molar-refractivity contribution in [2.75, 3.05) is 6.54 Å². The molecule has 0 aromatic carbocycles. The molecule has 1 aliphatic rings.